The van der Waals surface area contributed by atoms with E-state index in [0.29, 0.717) is 18.0 Å². The minimum absolute atomic E-state index is 0.0976. The number of amides is 2. The first-order valence-electron chi connectivity index (χ1n) is 10.9. The van der Waals surface area contributed by atoms with Gasteiger partial charge in [0.15, 0.2) is 8.68 Å². The molecule has 2 heterocycles. The average molecular weight is 499 g/mol. The number of hydrogen-bond acceptors (Lipinski definition) is 7. The molecule has 2 aromatic carbocycles. The highest BCUT2D eigenvalue weighted by atomic mass is 32.2. The fraction of sp³-hybridized carbons (Fsp3) is 0.333. The van der Waals surface area contributed by atoms with Gasteiger partial charge in [-0.15, -0.1) is 10.2 Å². The summed E-state index contributed by atoms with van der Waals surface area (Å²) in [6, 6.07) is 16.1. The Labute approximate surface area is 206 Å². The molecule has 1 aliphatic rings. The van der Waals surface area contributed by atoms with E-state index >= 15 is 0 Å². The number of hydrogen-bond donors (Lipinski definition) is 1. The van der Waals surface area contributed by atoms with Crippen LogP contribution < -0.4 is 10.2 Å². The largest absolute Gasteiger partial charge is 0.325 e. The van der Waals surface area contributed by atoms with Crippen molar-refractivity contribution in [1.82, 2.24) is 10.2 Å². The molecule has 2 amide bonds. The lowest BCUT2D eigenvalue weighted by Crippen LogP contribution is -2.23. The Hall–Kier alpha value is -2.36. The molecule has 1 fully saturated rings. The van der Waals surface area contributed by atoms with Gasteiger partial charge in [0.25, 0.3) is 0 Å². The summed E-state index contributed by atoms with van der Waals surface area (Å²) in [6.45, 7) is 5.14. The summed E-state index contributed by atoms with van der Waals surface area (Å²) in [7, 11) is 0. The molecule has 0 unspecified atom stereocenters. The third kappa shape index (κ3) is 6.59. The first-order chi connectivity index (χ1) is 16.0. The molecule has 0 saturated carbocycles. The molecule has 1 aliphatic heterocycles. The zero-order chi connectivity index (χ0) is 23.2. The molecular weight excluding hydrogens is 472 g/mol. The monoisotopic (exact) mass is 498 g/mol. The Kier molecular flexibility index (Phi) is 8.06. The molecule has 9 heteroatoms. The van der Waals surface area contributed by atoms with Crippen molar-refractivity contribution < 1.29 is 9.59 Å². The molecule has 1 N–H and O–H groups in total. The van der Waals surface area contributed by atoms with Crippen LogP contribution in [-0.4, -0.2) is 34.3 Å². The molecule has 172 valence electrons. The van der Waals surface area contributed by atoms with Gasteiger partial charge in [-0.1, -0.05) is 73.0 Å². The van der Waals surface area contributed by atoms with E-state index < -0.39 is 0 Å². The highest BCUT2D eigenvalue weighted by Crippen LogP contribution is 2.31. The molecule has 0 bridgehead atoms. The van der Waals surface area contributed by atoms with Crippen molar-refractivity contribution in [2.24, 2.45) is 0 Å². The predicted molar refractivity (Wildman–Crippen MR) is 137 cm³/mol. The van der Waals surface area contributed by atoms with E-state index in [2.05, 4.69) is 53.6 Å². The first kappa shape index (κ1) is 23.8. The lowest BCUT2D eigenvalue weighted by Gasteiger charge is -2.16. The maximum Gasteiger partial charge on any atom is 0.234 e. The maximum absolute atomic E-state index is 12.3. The molecule has 1 saturated heterocycles. The second kappa shape index (κ2) is 11.2. The highest BCUT2D eigenvalue weighted by molar-refractivity contribution is 8.03. The molecule has 3 aromatic rings. The van der Waals surface area contributed by atoms with Gasteiger partial charge in [-0.2, -0.15) is 0 Å². The second-order valence-electron chi connectivity index (χ2n) is 8.05. The van der Waals surface area contributed by atoms with E-state index in [-0.39, 0.29) is 17.6 Å². The number of carbonyl (C=O) groups is 2. The van der Waals surface area contributed by atoms with Gasteiger partial charge in [-0.3, -0.25) is 9.59 Å². The lowest BCUT2D eigenvalue weighted by molar-refractivity contribution is -0.117. The van der Waals surface area contributed by atoms with Gasteiger partial charge < -0.3 is 10.2 Å². The third-order valence-electron chi connectivity index (χ3n) is 5.26. The molecule has 33 heavy (non-hydrogen) atoms. The quantitative estimate of drug-likeness (QED) is 0.375. The number of aromatic nitrogens is 2. The minimum atomic E-state index is -0.0976. The number of benzene rings is 2. The van der Waals surface area contributed by atoms with Crippen LogP contribution in [0.25, 0.3) is 0 Å². The van der Waals surface area contributed by atoms with Crippen LogP contribution in [0.15, 0.2) is 57.2 Å². The minimum Gasteiger partial charge on any atom is -0.325 e. The predicted octanol–water partition coefficient (Wildman–Crippen LogP) is 5.81. The van der Waals surface area contributed by atoms with Crippen molar-refractivity contribution in [2.45, 2.75) is 47.0 Å². The smallest absolute Gasteiger partial charge is 0.234 e. The zero-order valence-electron chi connectivity index (χ0n) is 18.6. The number of carbonyl (C=O) groups excluding carboxylic acids is 2. The van der Waals surface area contributed by atoms with Crippen molar-refractivity contribution in [3.05, 3.63) is 59.7 Å². The zero-order valence-corrected chi connectivity index (χ0v) is 21.1. The van der Waals surface area contributed by atoms with Crippen LogP contribution in [0.3, 0.4) is 0 Å². The Bertz CT molecular complexity index is 1100. The average Bonchev–Trinajstić information content (AvgIpc) is 3.46. The number of nitrogens with one attached hydrogen (secondary N) is 1. The van der Waals surface area contributed by atoms with Crippen LogP contribution in [0.2, 0.25) is 0 Å². The van der Waals surface area contributed by atoms with Gasteiger partial charge in [-0.05, 0) is 47.7 Å². The summed E-state index contributed by atoms with van der Waals surface area (Å²) < 4.78 is 1.68. The van der Waals surface area contributed by atoms with Crippen LogP contribution in [0.5, 0.6) is 0 Å². The summed E-state index contributed by atoms with van der Waals surface area (Å²) in [4.78, 5) is 26.0. The van der Waals surface area contributed by atoms with Crippen molar-refractivity contribution in [2.75, 3.05) is 22.5 Å². The summed E-state index contributed by atoms with van der Waals surface area (Å²) in [6.07, 6.45) is 1.50. The topological polar surface area (TPSA) is 75.2 Å². The SMILES string of the molecule is CC(C)c1ccc(CSc2nnc(SCC(=O)Nc3ccc(N4CCCC4=O)cc3)s2)cc1. The van der Waals surface area contributed by atoms with E-state index in [9.17, 15) is 9.59 Å². The van der Waals surface area contributed by atoms with E-state index in [4.69, 9.17) is 0 Å². The van der Waals surface area contributed by atoms with Crippen molar-refractivity contribution in [3.63, 3.8) is 0 Å². The van der Waals surface area contributed by atoms with Gasteiger partial charge in [0, 0.05) is 30.1 Å². The maximum atomic E-state index is 12.3. The number of thioether (sulfide) groups is 2. The molecule has 0 radical (unpaired) electrons. The standard InChI is InChI=1S/C24H26N4O2S3/c1-16(2)18-7-5-17(6-8-18)14-31-23-26-27-24(33-23)32-15-21(29)25-19-9-11-20(12-10-19)28-13-3-4-22(28)30/h5-12,16H,3-4,13-15H2,1-2H3,(H,25,29). The third-order valence-corrected chi connectivity index (χ3v) is 8.52. The van der Waals surface area contributed by atoms with Crippen molar-refractivity contribution in [1.29, 1.82) is 0 Å². The van der Waals surface area contributed by atoms with Crippen molar-refractivity contribution in [3.8, 4) is 0 Å². The van der Waals surface area contributed by atoms with E-state index in [1.54, 1.807) is 16.7 Å². The lowest BCUT2D eigenvalue weighted by atomic mass is 10.0. The van der Waals surface area contributed by atoms with E-state index in [1.807, 2.05) is 24.3 Å². The van der Waals surface area contributed by atoms with Crippen LogP contribution >= 0.6 is 34.9 Å². The van der Waals surface area contributed by atoms with E-state index in [0.717, 1.165) is 33.1 Å². The molecule has 0 aliphatic carbocycles. The Morgan fingerprint density at radius 1 is 1.06 bits per heavy atom. The van der Waals surface area contributed by atoms with Crippen LogP contribution in [0.4, 0.5) is 11.4 Å². The van der Waals surface area contributed by atoms with Gasteiger partial charge in [0.2, 0.25) is 11.8 Å². The molecule has 6 nitrogen and oxygen atoms in total. The first-order valence-corrected chi connectivity index (χ1v) is 13.6. The Morgan fingerprint density at radius 2 is 1.76 bits per heavy atom. The number of nitrogens with zero attached hydrogens (tertiary/aromatic N) is 3. The van der Waals surface area contributed by atoms with Crippen molar-refractivity contribution >= 4 is 58.0 Å². The van der Waals surface area contributed by atoms with Gasteiger partial charge >= 0.3 is 0 Å². The van der Waals surface area contributed by atoms with Crippen LogP contribution in [0, 0.1) is 0 Å². The fourth-order valence-electron chi connectivity index (χ4n) is 3.43. The summed E-state index contributed by atoms with van der Waals surface area (Å²) >= 11 is 4.56. The van der Waals surface area contributed by atoms with Gasteiger partial charge in [0.1, 0.15) is 0 Å². The van der Waals surface area contributed by atoms with Crippen LogP contribution in [0.1, 0.15) is 43.7 Å². The molecule has 4 rings (SSSR count). The van der Waals surface area contributed by atoms with Crippen LogP contribution in [-0.2, 0) is 15.3 Å². The Morgan fingerprint density at radius 3 is 2.39 bits per heavy atom. The number of rotatable bonds is 9. The second-order valence-corrected chi connectivity index (χ2v) is 11.5. The fourth-order valence-corrected chi connectivity index (χ4v) is 6.20. The van der Waals surface area contributed by atoms with Gasteiger partial charge in [-0.25, -0.2) is 0 Å². The summed E-state index contributed by atoms with van der Waals surface area (Å²) in [5.74, 6) is 1.70. The summed E-state index contributed by atoms with van der Waals surface area (Å²) in [5.41, 5.74) is 4.19. The summed E-state index contributed by atoms with van der Waals surface area (Å²) in [5, 5.41) is 11.3. The molecule has 1 aromatic heterocycles. The molecule has 0 spiro atoms. The number of anilines is 2. The molecule has 0 atom stereocenters. The van der Waals surface area contributed by atoms with E-state index in [1.165, 1.54) is 34.2 Å². The van der Waals surface area contributed by atoms with Gasteiger partial charge in [0.05, 0.1) is 5.75 Å². The normalized spacial score (nSPS) is 13.7. The molecular formula is C24H26N4O2S3. The highest BCUT2D eigenvalue weighted by Gasteiger charge is 2.21. The Balaban J connectivity index is 1.21.